The number of carbonyl (C=O) groups is 1. The van der Waals surface area contributed by atoms with Gasteiger partial charge in [0.25, 0.3) is 0 Å². The van der Waals surface area contributed by atoms with Crippen molar-refractivity contribution in [3.63, 3.8) is 0 Å². The summed E-state index contributed by atoms with van der Waals surface area (Å²) < 4.78 is 5.33. The SMILES string of the molecule is COc1c(C)cc(NCC(N)C(=O)O)c(C)c1C. The zero-order chi connectivity index (χ0) is 13.9. The Morgan fingerprint density at radius 1 is 1.44 bits per heavy atom. The molecule has 5 nitrogen and oxygen atoms in total. The number of ether oxygens (including phenoxy) is 1. The summed E-state index contributed by atoms with van der Waals surface area (Å²) in [5.41, 5.74) is 9.44. The number of hydrogen-bond donors (Lipinski definition) is 3. The lowest BCUT2D eigenvalue weighted by Crippen LogP contribution is -2.37. The van der Waals surface area contributed by atoms with Crippen molar-refractivity contribution in [3.8, 4) is 5.75 Å². The molecule has 0 bridgehead atoms. The molecule has 0 spiro atoms. The minimum atomic E-state index is -1.01. The summed E-state index contributed by atoms with van der Waals surface area (Å²) in [4.78, 5) is 10.7. The fourth-order valence-corrected chi connectivity index (χ4v) is 1.86. The molecule has 1 atom stereocenters. The van der Waals surface area contributed by atoms with E-state index in [1.54, 1.807) is 7.11 Å². The van der Waals surface area contributed by atoms with Crippen molar-refractivity contribution in [2.75, 3.05) is 19.0 Å². The second-order valence-electron chi connectivity index (χ2n) is 4.35. The minimum Gasteiger partial charge on any atom is -0.496 e. The first kappa shape index (κ1) is 14.3. The number of carboxylic acids is 1. The Hall–Kier alpha value is -1.75. The molecule has 0 saturated heterocycles. The van der Waals surface area contributed by atoms with Crippen LogP contribution in [-0.2, 0) is 4.79 Å². The van der Waals surface area contributed by atoms with E-state index in [4.69, 9.17) is 15.6 Å². The number of nitrogens with one attached hydrogen (secondary N) is 1. The van der Waals surface area contributed by atoms with Crippen LogP contribution in [-0.4, -0.2) is 30.8 Å². The Morgan fingerprint density at radius 2 is 2.06 bits per heavy atom. The zero-order valence-corrected chi connectivity index (χ0v) is 11.2. The van der Waals surface area contributed by atoms with Crippen LogP contribution in [0.2, 0.25) is 0 Å². The van der Waals surface area contributed by atoms with E-state index in [0.717, 1.165) is 28.1 Å². The topological polar surface area (TPSA) is 84.6 Å². The quantitative estimate of drug-likeness (QED) is 0.738. The number of anilines is 1. The highest BCUT2D eigenvalue weighted by atomic mass is 16.5. The van der Waals surface area contributed by atoms with Crippen molar-refractivity contribution in [2.24, 2.45) is 5.73 Å². The minimum absolute atomic E-state index is 0.196. The van der Waals surface area contributed by atoms with Gasteiger partial charge < -0.3 is 20.9 Å². The molecule has 4 N–H and O–H groups in total. The number of rotatable bonds is 5. The number of methoxy groups -OCH3 is 1. The molecule has 0 heterocycles. The van der Waals surface area contributed by atoms with Gasteiger partial charge in [-0.3, -0.25) is 4.79 Å². The maximum atomic E-state index is 10.7. The first-order valence-corrected chi connectivity index (χ1v) is 5.75. The van der Waals surface area contributed by atoms with Gasteiger partial charge in [0.05, 0.1) is 7.11 Å². The molecule has 0 aromatic heterocycles. The van der Waals surface area contributed by atoms with Gasteiger partial charge in [0.2, 0.25) is 0 Å². The van der Waals surface area contributed by atoms with Gasteiger partial charge in [0, 0.05) is 12.2 Å². The van der Waals surface area contributed by atoms with Crippen LogP contribution in [0.5, 0.6) is 5.75 Å². The van der Waals surface area contributed by atoms with Crippen LogP contribution in [0.25, 0.3) is 0 Å². The summed E-state index contributed by atoms with van der Waals surface area (Å²) in [7, 11) is 1.64. The van der Waals surface area contributed by atoms with Crippen molar-refractivity contribution in [1.29, 1.82) is 0 Å². The molecule has 0 aliphatic heterocycles. The third-order valence-corrected chi connectivity index (χ3v) is 3.06. The lowest BCUT2D eigenvalue weighted by molar-refractivity contribution is -0.138. The summed E-state index contributed by atoms with van der Waals surface area (Å²) in [6.45, 7) is 6.09. The molecule has 1 aromatic carbocycles. The predicted octanol–water partition coefficient (Wildman–Crippen LogP) is 1.44. The summed E-state index contributed by atoms with van der Waals surface area (Å²) in [6.07, 6.45) is 0. The lowest BCUT2D eigenvalue weighted by Gasteiger charge is -2.17. The number of aryl methyl sites for hydroxylation is 1. The Morgan fingerprint density at radius 3 is 2.56 bits per heavy atom. The van der Waals surface area contributed by atoms with Crippen LogP contribution < -0.4 is 15.8 Å². The smallest absolute Gasteiger partial charge is 0.322 e. The molecule has 0 fully saturated rings. The Bertz CT molecular complexity index is 458. The number of carboxylic acid groups (broad SMARTS) is 1. The van der Waals surface area contributed by atoms with Crippen LogP contribution >= 0.6 is 0 Å². The molecule has 0 aliphatic rings. The summed E-state index contributed by atoms with van der Waals surface area (Å²) >= 11 is 0. The third-order valence-electron chi connectivity index (χ3n) is 3.06. The Labute approximate surface area is 107 Å². The average molecular weight is 252 g/mol. The molecule has 0 radical (unpaired) electrons. The number of benzene rings is 1. The fourth-order valence-electron chi connectivity index (χ4n) is 1.86. The van der Waals surface area contributed by atoms with Crippen LogP contribution in [0.3, 0.4) is 0 Å². The van der Waals surface area contributed by atoms with E-state index in [1.165, 1.54) is 0 Å². The molecule has 1 rings (SSSR count). The van der Waals surface area contributed by atoms with Gasteiger partial charge in [-0.15, -0.1) is 0 Å². The molecule has 1 unspecified atom stereocenters. The highest BCUT2D eigenvalue weighted by Gasteiger charge is 2.14. The summed E-state index contributed by atoms with van der Waals surface area (Å²) in [5.74, 6) is -0.150. The van der Waals surface area contributed by atoms with Gasteiger partial charge in [0.1, 0.15) is 11.8 Å². The lowest BCUT2D eigenvalue weighted by atomic mass is 10.0. The van der Waals surface area contributed by atoms with Crippen molar-refractivity contribution in [3.05, 3.63) is 22.8 Å². The van der Waals surface area contributed by atoms with E-state index >= 15 is 0 Å². The first-order valence-electron chi connectivity index (χ1n) is 5.75. The maximum Gasteiger partial charge on any atom is 0.322 e. The van der Waals surface area contributed by atoms with Gasteiger partial charge in [0.15, 0.2) is 0 Å². The molecule has 100 valence electrons. The molecule has 0 aliphatic carbocycles. The van der Waals surface area contributed by atoms with Crippen molar-refractivity contribution in [2.45, 2.75) is 26.8 Å². The molecule has 0 saturated carbocycles. The number of hydrogen-bond acceptors (Lipinski definition) is 4. The van der Waals surface area contributed by atoms with Crippen LogP contribution in [0.15, 0.2) is 6.07 Å². The second kappa shape index (κ2) is 5.73. The van der Waals surface area contributed by atoms with Crippen molar-refractivity contribution < 1.29 is 14.6 Å². The van der Waals surface area contributed by atoms with E-state index in [2.05, 4.69) is 5.32 Å². The zero-order valence-electron chi connectivity index (χ0n) is 11.2. The number of aliphatic carboxylic acids is 1. The molecular formula is C13H20N2O3. The van der Waals surface area contributed by atoms with Crippen molar-refractivity contribution >= 4 is 11.7 Å². The van der Waals surface area contributed by atoms with E-state index in [0.29, 0.717) is 0 Å². The van der Waals surface area contributed by atoms with E-state index in [-0.39, 0.29) is 6.54 Å². The van der Waals surface area contributed by atoms with Crippen LogP contribution in [0, 0.1) is 20.8 Å². The second-order valence-corrected chi connectivity index (χ2v) is 4.35. The van der Waals surface area contributed by atoms with E-state index < -0.39 is 12.0 Å². The van der Waals surface area contributed by atoms with Gasteiger partial charge in [-0.05, 0) is 43.5 Å². The Balaban J connectivity index is 2.94. The molecule has 1 aromatic rings. The molecule has 18 heavy (non-hydrogen) atoms. The van der Waals surface area contributed by atoms with Crippen LogP contribution in [0.4, 0.5) is 5.69 Å². The Kier molecular flexibility index (Phi) is 4.55. The standard InChI is InChI=1S/C13H20N2O3/c1-7-5-11(15-6-10(14)13(16)17)8(2)9(3)12(7)18-4/h5,10,15H,6,14H2,1-4H3,(H,16,17). The first-order chi connectivity index (χ1) is 8.38. The maximum absolute atomic E-state index is 10.7. The fraction of sp³-hybridized carbons (Fsp3) is 0.462. The van der Waals surface area contributed by atoms with Gasteiger partial charge in [-0.25, -0.2) is 0 Å². The summed E-state index contributed by atoms with van der Waals surface area (Å²) in [5, 5.41) is 11.8. The average Bonchev–Trinajstić information content (AvgIpc) is 2.32. The number of nitrogens with two attached hydrogens (primary N) is 1. The highest BCUT2D eigenvalue weighted by Crippen LogP contribution is 2.31. The largest absolute Gasteiger partial charge is 0.496 e. The van der Waals surface area contributed by atoms with Gasteiger partial charge in [-0.1, -0.05) is 0 Å². The van der Waals surface area contributed by atoms with E-state index in [9.17, 15) is 4.79 Å². The van der Waals surface area contributed by atoms with Crippen molar-refractivity contribution in [1.82, 2.24) is 0 Å². The normalized spacial score (nSPS) is 12.1. The summed E-state index contributed by atoms with van der Waals surface area (Å²) in [6, 6.07) is 1.03. The van der Waals surface area contributed by atoms with Gasteiger partial charge in [-0.2, -0.15) is 0 Å². The molecular weight excluding hydrogens is 232 g/mol. The predicted molar refractivity (Wildman–Crippen MR) is 71.3 cm³/mol. The highest BCUT2D eigenvalue weighted by molar-refractivity contribution is 5.74. The molecule has 0 amide bonds. The van der Waals surface area contributed by atoms with E-state index in [1.807, 2.05) is 26.8 Å². The molecule has 5 heteroatoms. The monoisotopic (exact) mass is 252 g/mol. The van der Waals surface area contributed by atoms with Crippen LogP contribution in [0.1, 0.15) is 16.7 Å². The van der Waals surface area contributed by atoms with Gasteiger partial charge >= 0.3 is 5.97 Å². The third kappa shape index (κ3) is 2.92.